The zero-order valence-electron chi connectivity index (χ0n) is 23.9. The number of quaternary nitrogens is 2. The Hall–Kier alpha value is -3.48. The van der Waals surface area contributed by atoms with Crippen molar-refractivity contribution in [2.45, 2.75) is 41.5 Å². The first-order valence-electron chi connectivity index (χ1n) is 13.6. The van der Waals surface area contributed by atoms with Crippen LogP contribution in [0, 0.1) is 0 Å². The number of rotatable bonds is 10. The molecule has 0 unspecified atom stereocenters. The highest BCUT2D eigenvalue weighted by molar-refractivity contribution is 5.99. The lowest BCUT2D eigenvalue weighted by Crippen LogP contribution is -2.48. The fraction of sp³-hybridized carbons (Fsp3) is 0.375. The molecule has 0 fully saturated rings. The van der Waals surface area contributed by atoms with Gasteiger partial charge in [-0.2, -0.15) is 0 Å². The third-order valence-electron chi connectivity index (χ3n) is 7.61. The van der Waals surface area contributed by atoms with Crippen LogP contribution in [0.5, 0.6) is 0 Å². The molecular weight excluding hydrogens is 476 g/mol. The lowest BCUT2D eigenvalue weighted by Gasteiger charge is -2.35. The maximum Gasteiger partial charge on any atom is 0.132 e. The van der Waals surface area contributed by atoms with Crippen LogP contribution in [0.4, 0.5) is 11.4 Å². The molecule has 0 saturated carbocycles. The van der Waals surface area contributed by atoms with Crippen molar-refractivity contribution in [1.29, 1.82) is 0 Å². The molecule has 0 bridgehead atoms. The van der Waals surface area contributed by atoms with Crippen LogP contribution in [-0.2, 0) is 0 Å². The molecule has 0 radical (unpaired) electrons. The first-order valence-corrected chi connectivity index (χ1v) is 13.6. The van der Waals surface area contributed by atoms with Gasteiger partial charge in [-0.1, -0.05) is 60.7 Å². The topological polar surface area (TPSA) is 80.3 Å². The van der Waals surface area contributed by atoms with Crippen LogP contribution in [-0.4, -0.2) is 51.2 Å². The van der Waals surface area contributed by atoms with Gasteiger partial charge in [0.05, 0.1) is 51.2 Å². The first kappa shape index (κ1) is 32.5. The summed E-state index contributed by atoms with van der Waals surface area (Å²) in [6, 6.07) is 26.7. The Bertz CT molecular complexity index is 988. The number of hydrogen-bond acceptors (Lipinski definition) is 4. The molecule has 0 aliphatic carbocycles. The largest absolute Gasteiger partial charge is 0.545 e. The van der Waals surface area contributed by atoms with Crippen LogP contribution in [0.1, 0.15) is 62.3 Å². The van der Waals surface area contributed by atoms with Crippen molar-refractivity contribution < 1.29 is 19.8 Å². The number of carbonyl (C=O) groups is 2. The van der Waals surface area contributed by atoms with Crippen LogP contribution < -0.4 is 19.2 Å². The quantitative estimate of drug-likeness (QED) is 0.368. The SMILES string of the molecule is CC[N+](CC)(CC)c1ccccc1.CC[N+](CC)(CC)c1ccccc1.O=C([O-])c1ccccc1C(=O)[O-]. The summed E-state index contributed by atoms with van der Waals surface area (Å²) in [5.41, 5.74) is 2.15. The third-order valence-corrected chi connectivity index (χ3v) is 7.61. The Morgan fingerprint density at radius 2 is 0.711 bits per heavy atom. The summed E-state index contributed by atoms with van der Waals surface area (Å²) in [5, 5.41) is 20.6. The standard InChI is InChI=1S/2C12H20N.C8H6O4/c2*1-4-13(5-2,6-3)12-10-8-7-9-11-12;9-7(10)5-3-1-2-4-6(5)8(11)12/h2*7-11H,4-6H2,1-3H3;1-4H,(H,9,10)(H,11,12)/q2*+1;/p-2. The lowest BCUT2D eigenvalue weighted by molar-refractivity contribution is -0.259. The second kappa shape index (κ2) is 16.4. The van der Waals surface area contributed by atoms with Crippen molar-refractivity contribution >= 4 is 23.3 Å². The van der Waals surface area contributed by atoms with E-state index in [0.717, 1.165) is 21.1 Å². The number of carbonyl (C=O) groups excluding carboxylic acids is 2. The molecule has 0 amide bonds. The highest BCUT2D eigenvalue weighted by Gasteiger charge is 2.24. The molecule has 3 aromatic carbocycles. The Kier molecular flexibility index (Phi) is 14.0. The average molecular weight is 521 g/mol. The smallest absolute Gasteiger partial charge is 0.132 e. The summed E-state index contributed by atoms with van der Waals surface area (Å²) in [5.74, 6) is -3.04. The number of para-hydroxylation sites is 2. The van der Waals surface area contributed by atoms with E-state index in [1.807, 2.05) is 0 Å². The Balaban J connectivity index is 0.000000285. The summed E-state index contributed by atoms with van der Waals surface area (Å²) in [4.78, 5) is 20.6. The van der Waals surface area contributed by atoms with E-state index in [1.54, 1.807) is 0 Å². The predicted octanol–water partition coefficient (Wildman–Crippen LogP) is 4.52. The zero-order chi connectivity index (χ0) is 28.6. The van der Waals surface area contributed by atoms with Crippen molar-refractivity contribution in [2.75, 3.05) is 39.3 Å². The molecule has 0 aliphatic heterocycles. The summed E-state index contributed by atoms with van der Waals surface area (Å²) in [7, 11) is 0. The molecule has 3 aromatic rings. The van der Waals surface area contributed by atoms with Gasteiger partial charge in [-0.25, -0.2) is 0 Å². The van der Waals surface area contributed by atoms with Crippen molar-refractivity contribution in [3.05, 3.63) is 96.1 Å². The van der Waals surface area contributed by atoms with E-state index < -0.39 is 11.9 Å². The van der Waals surface area contributed by atoms with Crippen molar-refractivity contribution in [3.63, 3.8) is 0 Å². The van der Waals surface area contributed by atoms with Gasteiger partial charge in [0.1, 0.15) is 11.4 Å². The summed E-state index contributed by atoms with van der Waals surface area (Å²) >= 11 is 0. The van der Waals surface area contributed by atoms with Gasteiger partial charge in [-0.05, 0) is 65.8 Å². The van der Waals surface area contributed by atoms with Crippen LogP contribution in [0.3, 0.4) is 0 Å². The molecule has 0 aromatic heterocycles. The average Bonchev–Trinajstić information content (AvgIpc) is 2.97. The lowest BCUT2D eigenvalue weighted by atomic mass is 10.1. The minimum absolute atomic E-state index is 0.363. The van der Waals surface area contributed by atoms with Crippen molar-refractivity contribution in [3.8, 4) is 0 Å². The molecule has 38 heavy (non-hydrogen) atoms. The maximum atomic E-state index is 10.3. The number of carboxylic acids is 2. The molecule has 0 saturated heterocycles. The Morgan fingerprint density at radius 3 is 0.921 bits per heavy atom. The Labute approximate surface area is 229 Å². The molecule has 6 nitrogen and oxygen atoms in total. The van der Waals surface area contributed by atoms with Crippen LogP contribution in [0.15, 0.2) is 84.9 Å². The van der Waals surface area contributed by atoms with Crippen LogP contribution in [0.2, 0.25) is 0 Å². The number of hydrogen-bond donors (Lipinski definition) is 0. The summed E-state index contributed by atoms with van der Waals surface area (Å²) < 4.78 is 2.20. The van der Waals surface area contributed by atoms with Gasteiger partial charge in [0.25, 0.3) is 0 Å². The highest BCUT2D eigenvalue weighted by atomic mass is 16.4. The minimum atomic E-state index is -1.52. The van der Waals surface area contributed by atoms with Gasteiger partial charge in [-0.15, -0.1) is 0 Å². The molecule has 0 aliphatic rings. The van der Waals surface area contributed by atoms with E-state index in [-0.39, 0.29) is 11.1 Å². The summed E-state index contributed by atoms with van der Waals surface area (Å²) in [6.45, 7) is 20.6. The molecule has 3 rings (SSSR count). The summed E-state index contributed by atoms with van der Waals surface area (Å²) in [6.07, 6.45) is 0. The zero-order valence-corrected chi connectivity index (χ0v) is 23.9. The molecule has 206 valence electrons. The molecule has 0 N–H and O–H groups in total. The monoisotopic (exact) mass is 520 g/mol. The van der Waals surface area contributed by atoms with Gasteiger partial charge in [0.2, 0.25) is 0 Å². The molecule has 0 heterocycles. The second-order valence-electron chi connectivity index (χ2n) is 8.98. The molecular formula is C32H44N2O4. The normalized spacial score (nSPS) is 10.9. The number of benzene rings is 3. The minimum Gasteiger partial charge on any atom is -0.545 e. The van der Waals surface area contributed by atoms with Gasteiger partial charge in [0, 0.05) is 11.1 Å². The number of nitrogens with zero attached hydrogens (tertiary/aromatic N) is 2. The number of carboxylic acid groups (broad SMARTS) is 2. The van der Waals surface area contributed by atoms with Crippen LogP contribution in [0.25, 0.3) is 0 Å². The van der Waals surface area contributed by atoms with E-state index in [1.165, 1.54) is 62.8 Å². The third kappa shape index (κ3) is 8.54. The molecule has 0 atom stereocenters. The number of aromatic carboxylic acids is 2. The fourth-order valence-corrected chi connectivity index (χ4v) is 4.76. The molecule has 0 spiro atoms. The van der Waals surface area contributed by atoms with E-state index in [2.05, 4.69) is 102 Å². The van der Waals surface area contributed by atoms with Gasteiger partial charge in [-0.3, -0.25) is 8.97 Å². The highest BCUT2D eigenvalue weighted by Crippen LogP contribution is 2.22. The maximum absolute atomic E-state index is 10.3. The first-order chi connectivity index (χ1) is 18.2. The predicted molar refractivity (Wildman–Crippen MR) is 155 cm³/mol. The van der Waals surface area contributed by atoms with E-state index in [4.69, 9.17) is 0 Å². The fourth-order valence-electron chi connectivity index (χ4n) is 4.76. The second-order valence-corrected chi connectivity index (χ2v) is 8.98. The van der Waals surface area contributed by atoms with E-state index in [9.17, 15) is 19.8 Å². The van der Waals surface area contributed by atoms with Crippen LogP contribution >= 0.6 is 0 Å². The van der Waals surface area contributed by atoms with Gasteiger partial charge >= 0.3 is 0 Å². The van der Waals surface area contributed by atoms with Crippen molar-refractivity contribution in [2.24, 2.45) is 0 Å². The van der Waals surface area contributed by atoms with E-state index in [0.29, 0.717) is 0 Å². The van der Waals surface area contributed by atoms with Crippen molar-refractivity contribution in [1.82, 2.24) is 8.97 Å². The van der Waals surface area contributed by atoms with Gasteiger partial charge in [0.15, 0.2) is 0 Å². The van der Waals surface area contributed by atoms with E-state index >= 15 is 0 Å². The molecule has 6 heteroatoms. The van der Waals surface area contributed by atoms with Gasteiger partial charge < -0.3 is 19.8 Å². The Morgan fingerprint density at radius 1 is 0.474 bits per heavy atom.